The van der Waals surface area contributed by atoms with E-state index < -0.39 is 15.8 Å². The standard InChI is InChI=1S/C22H21Cl2NO5S/c1-14-6-5-7-16(10-14)31(28,29)9-4-2-3-8-30-20-13-19(22(26)27)25-18-12-15(23)11-17(24)21(18)20/h5-7,10-13H,2-4,8-9H2,1H3,(H,26,27). The number of ether oxygens (including phenoxy) is 1. The number of aromatic carboxylic acids is 1. The second kappa shape index (κ2) is 9.85. The van der Waals surface area contributed by atoms with E-state index in [1.54, 1.807) is 18.2 Å². The number of carboxylic acids is 1. The number of halogens is 2. The van der Waals surface area contributed by atoms with Crippen LogP contribution in [0.1, 0.15) is 35.3 Å². The quantitative estimate of drug-likeness (QED) is 0.401. The number of fused-ring (bicyclic) bond motifs is 1. The predicted molar refractivity (Wildman–Crippen MR) is 121 cm³/mol. The Morgan fingerprint density at radius 3 is 2.58 bits per heavy atom. The number of sulfone groups is 1. The van der Waals surface area contributed by atoms with Gasteiger partial charge in [0.1, 0.15) is 5.75 Å². The van der Waals surface area contributed by atoms with Crippen LogP contribution in [0.4, 0.5) is 0 Å². The Bertz CT molecular complexity index is 1230. The molecule has 0 aliphatic carbocycles. The van der Waals surface area contributed by atoms with Gasteiger partial charge in [0, 0.05) is 11.1 Å². The molecule has 1 aromatic heterocycles. The number of pyridine rings is 1. The van der Waals surface area contributed by atoms with Gasteiger partial charge in [-0.25, -0.2) is 18.2 Å². The van der Waals surface area contributed by atoms with E-state index in [-0.39, 0.29) is 18.1 Å². The fourth-order valence-electron chi connectivity index (χ4n) is 3.15. The summed E-state index contributed by atoms with van der Waals surface area (Å²) in [5.41, 5.74) is 1.06. The first-order chi connectivity index (χ1) is 14.7. The molecule has 1 N–H and O–H groups in total. The molecule has 0 unspecified atom stereocenters. The third-order valence-corrected chi connectivity index (χ3v) is 6.99. The zero-order chi connectivity index (χ0) is 22.6. The van der Waals surface area contributed by atoms with Gasteiger partial charge in [0.25, 0.3) is 0 Å². The molecule has 0 amide bonds. The topological polar surface area (TPSA) is 93.6 Å². The minimum Gasteiger partial charge on any atom is -0.493 e. The molecule has 0 saturated heterocycles. The lowest BCUT2D eigenvalue weighted by Crippen LogP contribution is -2.08. The van der Waals surface area contributed by atoms with Crippen molar-refractivity contribution in [2.24, 2.45) is 0 Å². The number of nitrogens with zero attached hydrogens (tertiary/aromatic N) is 1. The summed E-state index contributed by atoms with van der Waals surface area (Å²) >= 11 is 12.3. The number of carboxylic acid groups (broad SMARTS) is 1. The minimum atomic E-state index is -3.32. The fraction of sp³-hybridized carbons (Fsp3) is 0.273. The molecule has 164 valence electrons. The Balaban J connectivity index is 1.61. The van der Waals surface area contributed by atoms with Gasteiger partial charge in [-0.05, 0) is 56.0 Å². The molecule has 0 spiro atoms. The van der Waals surface area contributed by atoms with E-state index >= 15 is 0 Å². The molecular formula is C22H21Cl2NO5S. The molecule has 0 aliphatic heterocycles. The Morgan fingerprint density at radius 2 is 1.87 bits per heavy atom. The number of hydrogen-bond acceptors (Lipinski definition) is 5. The number of aromatic nitrogens is 1. The second-order valence-electron chi connectivity index (χ2n) is 7.14. The van der Waals surface area contributed by atoms with Crippen molar-refractivity contribution >= 4 is 49.9 Å². The van der Waals surface area contributed by atoms with Crippen molar-refractivity contribution in [3.05, 3.63) is 63.8 Å². The molecule has 3 rings (SSSR count). The van der Waals surface area contributed by atoms with Crippen LogP contribution in [-0.4, -0.2) is 36.8 Å². The first kappa shape index (κ1) is 23.3. The van der Waals surface area contributed by atoms with Crippen molar-refractivity contribution in [1.82, 2.24) is 4.98 Å². The van der Waals surface area contributed by atoms with Gasteiger partial charge in [0.05, 0.1) is 33.2 Å². The number of unbranched alkanes of at least 4 members (excludes halogenated alkanes) is 2. The van der Waals surface area contributed by atoms with Crippen molar-refractivity contribution < 1.29 is 23.1 Å². The smallest absolute Gasteiger partial charge is 0.354 e. The number of rotatable bonds is 9. The van der Waals surface area contributed by atoms with Crippen LogP contribution in [0.15, 0.2) is 47.4 Å². The van der Waals surface area contributed by atoms with Gasteiger partial charge >= 0.3 is 5.97 Å². The van der Waals surface area contributed by atoms with Gasteiger partial charge in [0.15, 0.2) is 15.5 Å². The van der Waals surface area contributed by atoms with Crippen LogP contribution in [0.3, 0.4) is 0 Å². The Labute approximate surface area is 190 Å². The Kier molecular flexibility index (Phi) is 7.41. The first-order valence-electron chi connectivity index (χ1n) is 9.63. The van der Waals surface area contributed by atoms with Crippen LogP contribution in [-0.2, 0) is 9.84 Å². The van der Waals surface area contributed by atoms with Crippen molar-refractivity contribution in [3.63, 3.8) is 0 Å². The fourth-order valence-corrected chi connectivity index (χ4v) is 5.20. The highest BCUT2D eigenvalue weighted by Gasteiger charge is 2.16. The maximum absolute atomic E-state index is 12.4. The lowest BCUT2D eigenvalue weighted by molar-refractivity contribution is 0.0690. The average Bonchev–Trinajstić information content (AvgIpc) is 2.69. The molecule has 1 heterocycles. The summed E-state index contributed by atoms with van der Waals surface area (Å²) in [4.78, 5) is 15.8. The molecule has 0 atom stereocenters. The van der Waals surface area contributed by atoms with E-state index in [1.807, 2.05) is 13.0 Å². The van der Waals surface area contributed by atoms with E-state index in [0.29, 0.717) is 50.9 Å². The van der Waals surface area contributed by atoms with Crippen LogP contribution in [0.2, 0.25) is 10.0 Å². The van der Waals surface area contributed by atoms with Crippen molar-refractivity contribution in [3.8, 4) is 5.75 Å². The molecule has 0 saturated carbocycles. The molecule has 2 aromatic carbocycles. The summed E-state index contributed by atoms with van der Waals surface area (Å²) in [6.07, 6.45) is 1.73. The van der Waals surface area contributed by atoms with E-state index in [2.05, 4.69) is 4.98 Å². The van der Waals surface area contributed by atoms with Crippen LogP contribution < -0.4 is 4.74 Å². The third-order valence-electron chi connectivity index (χ3n) is 4.67. The Hall–Kier alpha value is -2.35. The third kappa shape index (κ3) is 5.87. The molecule has 0 bridgehead atoms. The number of carbonyl (C=O) groups is 1. The van der Waals surface area contributed by atoms with E-state index in [4.69, 9.17) is 27.9 Å². The van der Waals surface area contributed by atoms with Crippen LogP contribution in [0, 0.1) is 6.92 Å². The predicted octanol–water partition coefficient (Wildman–Crippen LogP) is 5.57. The zero-order valence-corrected chi connectivity index (χ0v) is 19.1. The van der Waals surface area contributed by atoms with Crippen LogP contribution >= 0.6 is 23.2 Å². The minimum absolute atomic E-state index is 0.0577. The maximum atomic E-state index is 12.4. The van der Waals surface area contributed by atoms with Crippen LogP contribution in [0.5, 0.6) is 5.75 Å². The highest BCUT2D eigenvalue weighted by atomic mass is 35.5. The maximum Gasteiger partial charge on any atom is 0.354 e. The molecule has 31 heavy (non-hydrogen) atoms. The zero-order valence-electron chi connectivity index (χ0n) is 16.8. The molecule has 0 fully saturated rings. The van der Waals surface area contributed by atoms with Crippen molar-refractivity contribution in [2.45, 2.75) is 31.1 Å². The summed E-state index contributed by atoms with van der Waals surface area (Å²) in [5, 5.41) is 10.4. The van der Waals surface area contributed by atoms with E-state index in [9.17, 15) is 18.3 Å². The van der Waals surface area contributed by atoms with Gasteiger partial charge < -0.3 is 9.84 Å². The summed E-state index contributed by atoms with van der Waals surface area (Å²) in [6.45, 7) is 2.14. The summed E-state index contributed by atoms with van der Waals surface area (Å²) in [5.74, 6) is -0.831. The highest BCUT2D eigenvalue weighted by molar-refractivity contribution is 7.91. The number of benzene rings is 2. The molecule has 9 heteroatoms. The monoisotopic (exact) mass is 481 g/mol. The largest absolute Gasteiger partial charge is 0.493 e. The molecule has 0 aliphatic rings. The molecule has 3 aromatic rings. The normalized spacial score (nSPS) is 11.6. The number of hydrogen-bond donors (Lipinski definition) is 1. The molecular weight excluding hydrogens is 461 g/mol. The highest BCUT2D eigenvalue weighted by Crippen LogP contribution is 2.34. The summed E-state index contributed by atoms with van der Waals surface area (Å²) in [7, 11) is -3.32. The molecule has 0 radical (unpaired) electrons. The summed E-state index contributed by atoms with van der Waals surface area (Å²) in [6, 6.07) is 11.3. The van der Waals surface area contributed by atoms with E-state index in [1.165, 1.54) is 18.2 Å². The van der Waals surface area contributed by atoms with E-state index in [0.717, 1.165) is 5.56 Å². The van der Waals surface area contributed by atoms with Gasteiger partial charge in [0.2, 0.25) is 0 Å². The van der Waals surface area contributed by atoms with Crippen molar-refractivity contribution in [1.29, 1.82) is 0 Å². The SMILES string of the molecule is Cc1cccc(S(=O)(=O)CCCCCOc2cc(C(=O)O)nc3cc(Cl)cc(Cl)c23)c1. The van der Waals surface area contributed by atoms with Gasteiger partial charge in [-0.15, -0.1) is 0 Å². The Morgan fingerprint density at radius 1 is 1.10 bits per heavy atom. The second-order valence-corrected chi connectivity index (χ2v) is 10.1. The molecule has 6 nitrogen and oxygen atoms in total. The average molecular weight is 482 g/mol. The number of aryl methyl sites for hydroxylation is 1. The van der Waals surface area contributed by atoms with Crippen molar-refractivity contribution in [2.75, 3.05) is 12.4 Å². The first-order valence-corrected chi connectivity index (χ1v) is 12.0. The lowest BCUT2D eigenvalue weighted by Gasteiger charge is -2.12. The summed E-state index contributed by atoms with van der Waals surface area (Å²) < 4.78 is 30.6. The lowest BCUT2D eigenvalue weighted by atomic mass is 10.1. The van der Waals surface area contributed by atoms with Gasteiger partial charge in [-0.3, -0.25) is 0 Å². The van der Waals surface area contributed by atoms with Crippen LogP contribution in [0.25, 0.3) is 10.9 Å². The van der Waals surface area contributed by atoms with Gasteiger partial charge in [-0.2, -0.15) is 0 Å². The van der Waals surface area contributed by atoms with Gasteiger partial charge in [-0.1, -0.05) is 35.3 Å².